The first-order chi connectivity index (χ1) is 16.0. The van der Waals surface area contributed by atoms with Gasteiger partial charge in [0.25, 0.3) is 0 Å². The van der Waals surface area contributed by atoms with Crippen LogP contribution in [0.2, 0.25) is 0 Å². The number of nitrogens with one attached hydrogen (secondary N) is 1. The van der Waals surface area contributed by atoms with Crippen molar-refractivity contribution in [2.45, 2.75) is 19.8 Å². The van der Waals surface area contributed by atoms with Crippen LogP contribution in [0.25, 0.3) is 33.1 Å². The topological polar surface area (TPSA) is 97.7 Å². The second-order valence-corrected chi connectivity index (χ2v) is 9.87. The second kappa shape index (κ2) is 8.29. The molecule has 0 aliphatic rings. The molecule has 4 heterocycles. The van der Waals surface area contributed by atoms with Crippen LogP contribution in [0.3, 0.4) is 0 Å². The minimum atomic E-state index is -3.49. The summed E-state index contributed by atoms with van der Waals surface area (Å²) in [5.41, 5.74) is 3.89. The second-order valence-electron chi connectivity index (χ2n) is 7.91. The Kier molecular flexibility index (Phi) is 5.30. The molecule has 0 radical (unpaired) electrons. The highest BCUT2D eigenvalue weighted by molar-refractivity contribution is 7.90. The van der Waals surface area contributed by atoms with E-state index >= 15 is 0 Å². The molecule has 0 aliphatic carbocycles. The summed E-state index contributed by atoms with van der Waals surface area (Å²) >= 11 is 0. The number of aromatic nitrogens is 4. The van der Waals surface area contributed by atoms with Crippen molar-refractivity contribution in [3.63, 3.8) is 0 Å². The molecule has 0 bridgehead atoms. The molecular weight excluding hydrogens is 436 g/mol. The van der Waals surface area contributed by atoms with E-state index in [1.807, 2.05) is 25.1 Å². The molecule has 8 heteroatoms. The van der Waals surface area contributed by atoms with Crippen LogP contribution in [0.4, 0.5) is 0 Å². The molecule has 0 saturated carbocycles. The molecule has 5 rings (SSSR count). The van der Waals surface area contributed by atoms with Gasteiger partial charge in [-0.15, -0.1) is 0 Å². The van der Waals surface area contributed by atoms with Crippen LogP contribution in [0.15, 0.2) is 73.4 Å². The number of nitrogens with zero attached hydrogens (tertiary/aromatic N) is 3. The lowest BCUT2D eigenvalue weighted by Crippen LogP contribution is -2.15. The number of H-pyrrole nitrogens is 1. The number of ketones is 1. The van der Waals surface area contributed by atoms with Gasteiger partial charge in [0, 0.05) is 58.4 Å². The summed E-state index contributed by atoms with van der Waals surface area (Å²) in [6.07, 6.45) is 9.74. The fraction of sp³-hybridized carbons (Fsp3) is 0.160. The summed E-state index contributed by atoms with van der Waals surface area (Å²) < 4.78 is 26.9. The standard InChI is InChI=1S/C25H22N4O3S/c1-2-3-13-33(31,32)29-12-9-19-20(5-4-6-23(19)29)24(30)22-16-28-25-21(22)14-18(15-27-25)17-7-10-26-11-8-17/h4-12,14-16H,2-3,13H2,1H3,(H,27,28). The van der Waals surface area contributed by atoms with E-state index in [1.165, 1.54) is 10.2 Å². The predicted molar refractivity (Wildman–Crippen MR) is 129 cm³/mol. The Bertz CT molecular complexity index is 1580. The number of pyridine rings is 2. The SMILES string of the molecule is CCCCS(=O)(=O)n1ccc2c(C(=O)c3c[nH]c4ncc(-c5ccncc5)cc34)cccc21. The van der Waals surface area contributed by atoms with Gasteiger partial charge in [0.2, 0.25) is 10.0 Å². The van der Waals surface area contributed by atoms with Crippen molar-refractivity contribution in [2.75, 3.05) is 5.75 Å². The normalized spacial score (nSPS) is 11.9. The lowest BCUT2D eigenvalue weighted by molar-refractivity contribution is 0.104. The quantitative estimate of drug-likeness (QED) is 0.354. The van der Waals surface area contributed by atoms with Gasteiger partial charge in [-0.25, -0.2) is 17.4 Å². The van der Waals surface area contributed by atoms with Gasteiger partial charge in [-0.3, -0.25) is 9.78 Å². The number of carbonyl (C=O) groups is 1. The molecule has 0 amide bonds. The Morgan fingerprint density at radius 3 is 2.64 bits per heavy atom. The van der Waals surface area contributed by atoms with Crippen LogP contribution in [-0.2, 0) is 10.0 Å². The molecule has 1 N–H and O–H groups in total. The fourth-order valence-electron chi connectivity index (χ4n) is 4.05. The lowest BCUT2D eigenvalue weighted by atomic mass is 9.99. The maximum Gasteiger partial charge on any atom is 0.238 e. The molecule has 7 nitrogen and oxygen atoms in total. The third-order valence-corrected chi connectivity index (χ3v) is 7.51. The van der Waals surface area contributed by atoms with Crippen molar-refractivity contribution in [2.24, 2.45) is 0 Å². The van der Waals surface area contributed by atoms with Crippen molar-refractivity contribution in [3.8, 4) is 11.1 Å². The van der Waals surface area contributed by atoms with E-state index < -0.39 is 10.0 Å². The van der Waals surface area contributed by atoms with Crippen molar-refractivity contribution in [1.82, 2.24) is 18.9 Å². The van der Waals surface area contributed by atoms with Crippen molar-refractivity contribution < 1.29 is 13.2 Å². The van der Waals surface area contributed by atoms with Gasteiger partial charge in [-0.05, 0) is 42.3 Å². The number of carbonyl (C=O) groups excluding carboxylic acids is 1. The van der Waals surface area contributed by atoms with Gasteiger partial charge in [-0.2, -0.15) is 0 Å². The van der Waals surface area contributed by atoms with E-state index in [-0.39, 0.29) is 11.5 Å². The lowest BCUT2D eigenvalue weighted by Gasteiger charge is -2.08. The number of unbranched alkanes of at least 4 members (excludes halogenated alkanes) is 1. The van der Waals surface area contributed by atoms with Gasteiger partial charge in [0.15, 0.2) is 5.78 Å². The van der Waals surface area contributed by atoms with E-state index in [0.717, 1.165) is 17.5 Å². The van der Waals surface area contributed by atoms with Gasteiger partial charge >= 0.3 is 0 Å². The van der Waals surface area contributed by atoms with Crippen LogP contribution in [0, 0.1) is 0 Å². The molecule has 0 unspecified atom stereocenters. The maximum atomic E-state index is 13.6. The van der Waals surface area contributed by atoms with Crippen molar-refractivity contribution in [3.05, 3.63) is 84.6 Å². The molecule has 0 fully saturated rings. The highest BCUT2D eigenvalue weighted by Crippen LogP contribution is 2.29. The first-order valence-electron chi connectivity index (χ1n) is 10.7. The molecule has 0 saturated heterocycles. The Hall–Kier alpha value is -3.78. The highest BCUT2D eigenvalue weighted by atomic mass is 32.2. The van der Waals surface area contributed by atoms with Crippen molar-refractivity contribution >= 4 is 37.7 Å². The molecule has 0 spiro atoms. The molecule has 33 heavy (non-hydrogen) atoms. The average Bonchev–Trinajstić information content (AvgIpc) is 3.47. The Labute approximate surface area is 191 Å². The largest absolute Gasteiger partial charge is 0.345 e. The van der Waals surface area contributed by atoms with Crippen LogP contribution in [0.1, 0.15) is 35.7 Å². The van der Waals surface area contributed by atoms with Crippen LogP contribution in [-0.4, -0.2) is 38.9 Å². The van der Waals surface area contributed by atoms with E-state index in [0.29, 0.717) is 39.5 Å². The molecule has 0 atom stereocenters. The molecule has 5 aromatic rings. The Morgan fingerprint density at radius 2 is 1.85 bits per heavy atom. The number of hydrogen-bond donors (Lipinski definition) is 1. The summed E-state index contributed by atoms with van der Waals surface area (Å²) in [5, 5.41) is 1.32. The molecule has 0 aliphatic heterocycles. The number of hydrogen-bond acceptors (Lipinski definition) is 5. The molecule has 4 aromatic heterocycles. The summed E-state index contributed by atoms with van der Waals surface area (Å²) in [5.74, 6) is -0.124. The highest BCUT2D eigenvalue weighted by Gasteiger charge is 2.21. The number of fused-ring (bicyclic) bond motifs is 2. The molecular formula is C25H22N4O3S. The van der Waals surface area contributed by atoms with E-state index in [1.54, 1.807) is 49.1 Å². The van der Waals surface area contributed by atoms with E-state index in [2.05, 4.69) is 15.0 Å². The zero-order chi connectivity index (χ0) is 23.0. The third kappa shape index (κ3) is 3.72. The zero-order valence-electron chi connectivity index (χ0n) is 18.0. The summed E-state index contributed by atoms with van der Waals surface area (Å²) in [4.78, 5) is 25.2. The monoisotopic (exact) mass is 458 g/mol. The number of aromatic amines is 1. The smallest absolute Gasteiger partial charge is 0.238 e. The van der Waals surface area contributed by atoms with Gasteiger partial charge in [-0.1, -0.05) is 25.5 Å². The van der Waals surface area contributed by atoms with Gasteiger partial charge < -0.3 is 4.98 Å². The summed E-state index contributed by atoms with van der Waals surface area (Å²) in [7, 11) is -3.49. The average molecular weight is 459 g/mol. The fourth-order valence-corrected chi connectivity index (χ4v) is 5.60. The Balaban J connectivity index is 1.60. The van der Waals surface area contributed by atoms with Crippen LogP contribution in [0.5, 0.6) is 0 Å². The van der Waals surface area contributed by atoms with Gasteiger partial charge in [0.1, 0.15) is 5.65 Å². The maximum absolute atomic E-state index is 13.6. The zero-order valence-corrected chi connectivity index (χ0v) is 18.8. The van der Waals surface area contributed by atoms with Crippen molar-refractivity contribution in [1.29, 1.82) is 0 Å². The van der Waals surface area contributed by atoms with Crippen LogP contribution >= 0.6 is 0 Å². The predicted octanol–water partition coefficient (Wildman–Crippen LogP) is 4.79. The molecule has 166 valence electrons. The van der Waals surface area contributed by atoms with E-state index in [4.69, 9.17) is 0 Å². The number of rotatable bonds is 7. The van der Waals surface area contributed by atoms with Gasteiger partial charge in [0.05, 0.1) is 11.3 Å². The first kappa shape index (κ1) is 21.1. The minimum absolute atomic E-state index is 0.0668. The first-order valence-corrected chi connectivity index (χ1v) is 12.4. The van der Waals surface area contributed by atoms with E-state index in [9.17, 15) is 13.2 Å². The third-order valence-electron chi connectivity index (χ3n) is 5.79. The van der Waals surface area contributed by atoms with Crippen LogP contribution < -0.4 is 0 Å². The Morgan fingerprint density at radius 1 is 1.03 bits per heavy atom. The minimum Gasteiger partial charge on any atom is -0.345 e. The summed E-state index contributed by atoms with van der Waals surface area (Å²) in [6.45, 7) is 1.95. The molecule has 1 aromatic carbocycles. The summed E-state index contributed by atoms with van der Waals surface area (Å²) in [6, 6.07) is 12.6. The number of benzene rings is 1.